The number of nitrogens with two attached hydrogens (primary N) is 1. The van der Waals surface area contributed by atoms with E-state index in [1.165, 1.54) is 0 Å². The van der Waals surface area contributed by atoms with Gasteiger partial charge in [-0.15, -0.1) is 0 Å². The zero-order chi connectivity index (χ0) is 19.6. The minimum atomic E-state index is -5.46. The largest absolute Gasteiger partial charge is 0.490 e. The molecular weight excluding hydrogens is 421 g/mol. The Hall–Kier alpha value is -1.38. The lowest BCUT2D eigenvalue weighted by Crippen LogP contribution is -1.97. The Kier molecular flexibility index (Phi) is 6.47. The van der Waals surface area contributed by atoms with Crippen LogP contribution in [0.25, 0.3) is 11.2 Å². The van der Waals surface area contributed by atoms with Gasteiger partial charge in [0.25, 0.3) is 6.08 Å². The van der Waals surface area contributed by atoms with Crippen LogP contribution in [0.4, 0.5) is 14.6 Å². The molecule has 0 bridgehead atoms. The molecule has 0 unspecified atom stereocenters. The Morgan fingerprint density at radius 2 is 1.40 bits per heavy atom. The van der Waals surface area contributed by atoms with Crippen LogP contribution in [0.3, 0.4) is 0 Å². The third kappa shape index (κ3) is 8.02. The molecule has 0 aliphatic heterocycles. The SMILES string of the molecule is Nc1nc(F)nc2nc(F)[nH]c12.O=P(O)(O)OP(=O)(O)OP(=O)(O)O. The Balaban J connectivity index is 0.000000250. The average Bonchev–Trinajstić information content (AvgIpc) is 2.63. The van der Waals surface area contributed by atoms with Crippen LogP contribution in [0.2, 0.25) is 0 Å². The maximum absolute atomic E-state index is 12.4. The van der Waals surface area contributed by atoms with Gasteiger partial charge in [0.05, 0.1) is 0 Å². The molecule has 0 radical (unpaired) electrons. The number of nitrogen functional groups attached to an aromatic ring is 1. The van der Waals surface area contributed by atoms with Gasteiger partial charge in [0.15, 0.2) is 11.5 Å². The van der Waals surface area contributed by atoms with Crippen molar-refractivity contribution in [3.05, 3.63) is 12.2 Å². The van der Waals surface area contributed by atoms with Crippen molar-refractivity contribution in [1.29, 1.82) is 0 Å². The van der Waals surface area contributed by atoms with Crippen molar-refractivity contribution in [3.63, 3.8) is 0 Å². The van der Waals surface area contributed by atoms with Crippen molar-refractivity contribution in [2.45, 2.75) is 0 Å². The van der Waals surface area contributed by atoms with Crippen LogP contribution >= 0.6 is 23.5 Å². The van der Waals surface area contributed by atoms with Crippen molar-refractivity contribution in [2.75, 3.05) is 5.73 Å². The topological polar surface area (TPSA) is 251 Å². The first-order valence-corrected chi connectivity index (χ1v) is 9.84. The number of imidazole rings is 1. The third-order valence-corrected chi connectivity index (χ3v) is 5.09. The van der Waals surface area contributed by atoms with Gasteiger partial charge in [0, 0.05) is 0 Å². The van der Waals surface area contributed by atoms with Gasteiger partial charge in [0.2, 0.25) is 0 Å². The maximum atomic E-state index is 12.4. The Morgan fingerprint density at radius 3 is 1.84 bits per heavy atom. The van der Waals surface area contributed by atoms with Crippen LogP contribution in [0.5, 0.6) is 0 Å². The molecule has 0 amide bonds. The second-order valence-electron chi connectivity index (χ2n) is 3.72. The summed E-state index contributed by atoms with van der Waals surface area (Å²) in [4.78, 5) is 52.0. The van der Waals surface area contributed by atoms with E-state index >= 15 is 0 Å². The number of H-pyrrole nitrogens is 1. The number of hydrogen-bond acceptors (Lipinski definition) is 9. The summed E-state index contributed by atoms with van der Waals surface area (Å²) >= 11 is 0. The number of nitrogens with zero attached hydrogens (tertiary/aromatic N) is 3. The molecule has 0 aliphatic carbocycles. The van der Waals surface area contributed by atoms with Crippen LogP contribution in [0, 0.1) is 12.2 Å². The second-order valence-corrected chi connectivity index (χ2v) is 7.92. The van der Waals surface area contributed by atoms with E-state index in [2.05, 4.69) is 28.6 Å². The van der Waals surface area contributed by atoms with E-state index in [4.69, 9.17) is 30.2 Å². The highest BCUT2D eigenvalue weighted by Crippen LogP contribution is 2.64. The molecular formula is C5H8F2N5O10P3. The number of rotatable bonds is 4. The molecule has 0 aromatic carbocycles. The zero-order valence-electron chi connectivity index (χ0n) is 11.3. The fourth-order valence-corrected chi connectivity index (χ4v) is 3.68. The van der Waals surface area contributed by atoms with Crippen LogP contribution in [-0.4, -0.2) is 44.4 Å². The lowest BCUT2D eigenvalue weighted by Gasteiger charge is -2.11. The highest BCUT2D eigenvalue weighted by molar-refractivity contribution is 7.66. The summed E-state index contributed by atoms with van der Waals surface area (Å²) in [5.74, 6) is -0.158. The number of hydrogen-bond donors (Lipinski definition) is 7. The van der Waals surface area contributed by atoms with E-state index in [0.29, 0.717) is 0 Å². The molecule has 8 N–H and O–H groups in total. The third-order valence-electron chi connectivity index (χ3n) is 1.74. The van der Waals surface area contributed by atoms with Crippen molar-refractivity contribution in [1.82, 2.24) is 19.9 Å². The fourth-order valence-electron chi connectivity index (χ4n) is 1.15. The van der Waals surface area contributed by atoms with Crippen molar-refractivity contribution in [3.8, 4) is 0 Å². The summed E-state index contributed by atoms with van der Waals surface area (Å²) in [6.07, 6.45) is -1.89. The number of aromatic nitrogens is 4. The predicted octanol–water partition coefficient (Wildman–Crippen LogP) is -0.481. The van der Waals surface area contributed by atoms with Crippen LogP contribution in [0.1, 0.15) is 0 Å². The molecule has 15 nitrogen and oxygen atoms in total. The van der Waals surface area contributed by atoms with Crippen molar-refractivity contribution < 1.29 is 55.6 Å². The summed E-state index contributed by atoms with van der Waals surface area (Å²) in [6, 6.07) is 0. The molecule has 0 saturated carbocycles. The first kappa shape index (κ1) is 21.7. The summed E-state index contributed by atoms with van der Waals surface area (Å²) in [5.41, 5.74) is 5.23. The summed E-state index contributed by atoms with van der Waals surface area (Å²) in [5, 5.41) is 0. The summed E-state index contributed by atoms with van der Waals surface area (Å²) < 4.78 is 61.2. The lowest BCUT2D eigenvalue weighted by molar-refractivity contribution is 0.204. The van der Waals surface area contributed by atoms with Gasteiger partial charge in [-0.2, -0.15) is 32.4 Å². The van der Waals surface area contributed by atoms with Gasteiger partial charge in [-0.1, -0.05) is 0 Å². The smallest absolute Gasteiger partial charge is 0.382 e. The molecule has 2 rings (SSSR count). The van der Waals surface area contributed by atoms with E-state index in [1.807, 2.05) is 0 Å². The minimum Gasteiger partial charge on any atom is -0.382 e. The van der Waals surface area contributed by atoms with Crippen molar-refractivity contribution >= 4 is 40.4 Å². The molecule has 0 spiro atoms. The first-order valence-electron chi connectivity index (χ1n) is 5.29. The van der Waals surface area contributed by atoms with Gasteiger partial charge in [-0.25, -0.2) is 13.7 Å². The van der Waals surface area contributed by atoms with E-state index < -0.39 is 35.6 Å². The molecule has 0 aliphatic rings. The number of nitrogens with one attached hydrogen (secondary N) is 1. The van der Waals surface area contributed by atoms with E-state index in [9.17, 15) is 22.5 Å². The molecule has 2 aromatic heterocycles. The van der Waals surface area contributed by atoms with Gasteiger partial charge in [-0.3, -0.25) is 0 Å². The lowest BCUT2D eigenvalue weighted by atomic mass is 10.5. The number of phosphoric acid groups is 3. The number of anilines is 1. The Morgan fingerprint density at radius 1 is 0.920 bits per heavy atom. The van der Waals surface area contributed by atoms with Gasteiger partial charge in [0.1, 0.15) is 5.52 Å². The van der Waals surface area contributed by atoms with Gasteiger partial charge < -0.3 is 35.2 Å². The monoisotopic (exact) mass is 429 g/mol. The number of halogens is 2. The van der Waals surface area contributed by atoms with Crippen LogP contribution in [-0.2, 0) is 22.3 Å². The van der Waals surface area contributed by atoms with E-state index in [1.54, 1.807) is 0 Å². The van der Waals surface area contributed by atoms with Gasteiger partial charge >= 0.3 is 29.5 Å². The van der Waals surface area contributed by atoms with Gasteiger partial charge in [-0.05, 0) is 0 Å². The quantitative estimate of drug-likeness (QED) is 0.184. The minimum absolute atomic E-state index is 0.105. The fraction of sp³-hybridized carbons (Fsp3) is 0. The van der Waals surface area contributed by atoms with Crippen LogP contribution in [0.15, 0.2) is 0 Å². The standard InChI is InChI=1S/C5H3F2N5.H5O10P3/c6-4-9-1-2(8)10-5(7)12-3(1)11-4;1-11(2,3)9-13(7,8)10-12(4,5)6/h(H3,8,9,10,11,12);(H,7,8)(H2,1,2,3)(H2,4,5,6). The van der Waals surface area contributed by atoms with Crippen LogP contribution < -0.4 is 5.73 Å². The molecule has 0 fully saturated rings. The molecule has 2 aromatic rings. The zero-order valence-corrected chi connectivity index (χ0v) is 14.0. The average molecular weight is 429 g/mol. The molecule has 142 valence electrons. The normalized spacial score (nSPS) is 12.8. The summed E-state index contributed by atoms with van der Waals surface area (Å²) in [6.45, 7) is 0. The predicted molar refractivity (Wildman–Crippen MR) is 72.1 cm³/mol. The first-order chi connectivity index (χ1) is 11.1. The maximum Gasteiger partial charge on any atom is 0.490 e. The highest BCUT2D eigenvalue weighted by atomic mass is 31.3. The Bertz CT molecular complexity index is 880. The molecule has 2 heterocycles. The Labute approximate surface area is 135 Å². The molecule has 0 saturated heterocycles. The molecule has 20 heteroatoms. The van der Waals surface area contributed by atoms with E-state index in [-0.39, 0.29) is 17.0 Å². The second kappa shape index (κ2) is 7.47. The van der Waals surface area contributed by atoms with E-state index in [0.717, 1.165) is 0 Å². The highest BCUT2D eigenvalue weighted by Gasteiger charge is 2.38. The summed E-state index contributed by atoms with van der Waals surface area (Å²) in [7, 11) is -16.2. The number of fused-ring (bicyclic) bond motifs is 1. The number of aromatic amines is 1. The molecule has 0 atom stereocenters. The van der Waals surface area contributed by atoms with Crippen molar-refractivity contribution in [2.24, 2.45) is 0 Å². The molecule has 25 heavy (non-hydrogen) atoms.